The predicted molar refractivity (Wildman–Crippen MR) is 83.9 cm³/mol. The number of ether oxygens (including phenoxy) is 1. The van der Waals surface area contributed by atoms with Gasteiger partial charge in [0.1, 0.15) is 0 Å². The van der Waals surface area contributed by atoms with E-state index in [0.717, 1.165) is 12.3 Å². The molecule has 122 valence electrons. The maximum atomic E-state index is 12.2. The van der Waals surface area contributed by atoms with E-state index in [2.05, 4.69) is 20.8 Å². The summed E-state index contributed by atoms with van der Waals surface area (Å²) in [7, 11) is 0. The van der Waals surface area contributed by atoms with E-state index in [1.54, 1.807) is 0 Å². The van der Waals surface area contributed by atoms with Crippen LogP contribution >= 0.6 is 0 Å². The Morgan fingerprint density at radius 3 is 2.39 bits per heavy atom. The summed E-state index contributed by atoms with van der Waals surface area (Å²) in [5, 5.41) is 10.7. The van der Waals surface area contributed by atoms with Crippen molar-refractivity contribution in [3.63, 3.8) is 0 Å². The number of carbonyl (C=O) groups excluding carboxylic acids is 1. The molecular formula is C18H21NO4. The Balaban J connectivity index is 1.45. The van der Waals surface area contributed by atoms with Gasteiger partial charge in [0.25, 0.3) is 5.69 Å². The van der Waals surface area contributed by atoms with Crippen molar-refractivity contribution in [2.24, 2.45) is 28.1 Å². The van der Waals surface area contributed by atoms with Gasteiger partial charge in [0.15, 0.2) is 0 Å². The van der Waals surface area contributed by atoms with E-state index in [-0.39, 0.29) is 17.1 Å². The second-order valence-electron chi connectivity index (χ2n) is 8.15. The molecule has 0 saturated heterocycles. The van der Waals surface area contributed by atoms with E-state index in [9.17, 15) is 14.9 Å². The summed E-state index contributed by atoms with van der Waals surface area (Å²) >= 11 is 0. The normalized spacial score (nSPS) is 38.4. The number of non-ortho nitro benzene ring substituents is 1. The van der Waals surface area contributed by atoms with Crippen LogP contribution in [0.4, 0.5) is 5.69 Å². The highest BCUT2D eigenvalue weighted by atomic mass is 16.6. The summed E-state index contributed by atoms with van der Waals surface area (Å²) < 4.78 is 5.60. The molecule has 5 heteroatoms. The lowest BCUT2D eigenvalue weighted by atomic mass is 9.75. The molecule has 0 N–H and O–H groups in total. The second-order valence-corrected chi connectivity index (χ2v) is 8.15. The predicted octanol–water partition coefficient (Wildman–Crippen LogP) is 3.82. The molecule has 4 aliphatic carbocycles. The van der Waals surface area contributed by atoms with Crippen molar-refractivity contribution < 1.29 is 14.5 Å². The van der Waals surface area contributed by atoms with Gasteiger partial charge in [-0.15, -0.1) is 0 Å². The highest BCUT2D eigenvalue weighted by Crippen LogP contribution is 2.92. The summed E-state index contributed by atoms with van der Waals surface area (Å²) in [5.74, 6) is 1.04. The smallest absolute Gasteiger partial charge is 0.338 e. The molecule has 4 fully saturated rings. The maximum absolute atomic E-state index is 12.2. The van der Waals surface area contributed by atoms with Crippen molar-refractivity contribution in [2.45, 2.75) is 33.6 Å². The van der Waals surface area contributed by atoms with Crippen LogP contribution in [0.1, 0.15) is 44.0 Å². The van der Waals surface area contributed by atoms with Crippen molar-refractivity contribution >= 4 is 11.7 Å². The van der Waals surface area contributed by atoms with Gasteiger partial charge >= 0.3 is 5.97 Å². The number of hydrogen-bond acceptors (Lipinski definition) is 4. The highest BCUT2D eigenvalue weighted by Gasteiger charge is 2.88. The van der Waals surface area contributed by atoms with Gasteiger partial charge in [0.2, 0.25) is 0 Å². The zero-order valence-corrected chi connectivity index (χ0v) is 13.7. The minimum Gasteiger partial charge on any atom is -0.461 e. The number of nitrogens with zero attached hydrogens (tertiary/aromatic N) is 1. The van der Waals surface area contributed by atoms with Gasteiger partial charge in [-0.25, -0.2) is 4.79 Å². The molecule has 1 aromatic carbocycles. The fourth-order valence-electron chi connectivity index (χ4n) is 5.87. The Morgan fingerprint density at radius 2 is 1.96 bits per heavy atom. The fraction of sp³-hybridized carbons (Fsp3) is 0.611. The van der Waals surface area contributed by atoms with Crippen LogP contribution in [0.3, 0.4) is 0 Å². The monoisotopic (exact) mass is 315 g/mol. The van der Waals surface area contributed by atoms with Crippen molar-refractivity contribution in [3.8, 4) is 0 Å². The van der Waals surface area contributed by atoms with Crippen LogP contribution in [0, 0.1) is 38.2 Å². The third-order valence-corrected chi connectivity index (χ3v) is 7.58. The van der Waals surface area contributed by atoms with Crippen molar-refractivity contribution in [2.75, 3.05) is 6.61 Å². The van der Waals surface area contributed by atoms with E-state index in [1.807, 2.05) is 0 Å². The molecule has 5 rings (SSSR count). The number of nitro benzene ring substituents is 1. The molecule has 4 saturated carbocycles. The van der Waals surface area contributed by atoms with Gasteiger partial charge in [-0.05, 0) is 47.6 Å². The Bertz CT molecular complexity index is 710. The molecule has 4 atom stereocenters. The Kier molecular flexibility index (Phi) is 2.64. The first-order chi connectivity index (χ1) is 10.7. The van der Waals surface area contributed by atoms with Gasteiger partial charge in [-0.1, -0.05) is 20.8 Å². The first-order valence-corrected chi connectivity index (χ1v) is 8.15. The third kappa shape index (κ3) is 1.55. The molecule has 0 spiro atoms. The van der Waals surface area contributed by atoms with Crippen LogP contribution in [0.2, 0.25) is 0 Å². The molecule has 0 heterocycles. The zero-order valence-electron chi connectivity index (χ0n) is 13.7. The SMILES string of the molecule is CC1(C)[C@@H]2C[C@H]3[C@@](COC(=O)c4ccc([N+](=O)[O-])cc4)(C2)[C@]31C. The van der Waals surface area contributed by atoms with E-state index in [4.69, 9.17) is 4.74 Å². The Labute approximate surface area is 135 Å². The number of nitro groups is 1. The topological polar surface area (TPSA) is 69.4 Å². The molecule has 1 aromatic rings. The number of hydrogen-bond donors (Lipinski definition) is 0. The minimum atomic E-state index is -0.475. The quantitative estimate of drug-likeness (QED) is 0.481. The van der Waals surface area contributed by atoms with Gasteiger partial charge in [-0.2, -0.15) is 0 Å². The van der Waals surface area contributed by atoms with Crippen LogP contribution in [0.5, 0.6) is 0 Å². The zero-order chi connectivity index (χ0) is 16.6. The molecule has 5 nitrogen and oxygen atoms in total. The van der Waals surface area contributed by atoms with E-state index >= 15 is 0 Å². The van der Waals surface area contributed by atoms with Crippen LogP contribution in [0.25, 0.3) is 0 Å². The maximum Gasteiger partial charge on any atom is 0.338 e. The molecule has 0 radical (unpaired) electrons. The number of carbonyl (C=O) groups is 1. The summed E-state index contributed by atoms with van der Waals surface area (Å²) in [4.78, 5) is 22.4. The molecule has 23 heavy (non-hydrogen) atoms. The molecule has 4 bridgehead atoms. The summed E-state index contributed by atoms with van der Waals surface area (Å²) in [5.41, 5.74) is 1.14. The molecule has 0 aromatic heterocycles. The van der Waals surface area contributed by atoms with Crippen LogP contribution < -0.4 is 0 Å². The van der Waals surface area contributed by atoms with Crippen molar-refractivity contribution in [3.05, 3.63) is 39.9 Å². The summed E-state index contributed by atoms with van der Waals surface area (Å²) in [6, 6.07) is 5.60. The molecule has 0 amide bonds. The van der Waals surface area contributed by atoms with Crippen LogP contribution in [-0.2, 0) is 4.74 Å². The van der Waals surface area contributed by atoms with Crippen molar-refractivity contribution in [1.29, 1.82) is 0 Å². The number of benzene rings is 1. The molecule has 0 aliphatic heterocycles. The highest BCUT2D eigenvalue weighted by molar-refractivity contribution is 5.89. The summed E-state index contributed by atoms with van der Waals surface area (Å²) in [6.45, 7) is 7.53. The lowest BCUT2D eigenvalue weighted by Gasteiger charge is -2.29. The standard InChI is InChI=1S/C18H21NO4/c1-16(2)12-8-14-17(16,3)18(14,9-12)10-23-15(20)11-4-6-13(7-5-11)19(21)22/h4-7,12,14H,8-10H2,1-3H3/t12-,14-,17-,18+/m1/s1. The average Bonchev–Trinajstić information content (AvgIpc) is 2.80. The van der Waals surface area contributed by atoms with Gasteiger partial charge < -0.3 is 4.74 Å². The lowest BCUT2D eigenvalue weighted by Crippen LogP contribution is -2.25. The molecule has 4 aliphatic rings. The fourth-order valence-corrected chi connectivity index (χ4v) is 5.87. The average molecular weight is 315 g/mol. The van der Waals surface area contributed by atoms with E-state index in [0.29, 0.717) is 28.9 Å². The summed E-state index contributed by atoms with van der Waals surface area (Å²) in [6.07, 6.45) is 2.42. The lowest BCUT2D eigenvalue weighted by molar-refractivity contribution is -0.384. The van der Waals surface area contributed by atoms with Gasteiger partial charge in [-0.3, -0.25) is 10.1 Å². The molecule has 0 unspecified atom stereocenters. The number of rotatable bonds is 4. The third-order valence-electron chi connectivity index (χ3n) is 7.58. The Morgan fingerprint density at radius 1 is 1.30 bits per heavy atom. The Hall–Kier alpha value is -1.91. The van der Waals surface area contributed by atoms with Gasteiger partial charge in [0, 0.05) is 17.5 Å². The van der Waals surface area contributed by atoms with E-state index < -0.39 is 4.92 Å². The minimum absolute atomic E-state index is 0.0201. The second kappa shape index (κ2) is 4.13. The largest absolute Gasteiger partial charge is 0.461 e. The first-order valence-electron chi connectivity index (χ1n) is 8.15. The van der Waals surface area contributed by atoms with Crippen LogP contribution in [-0.4, -0.2) is 17.5 Å². The number of esters is 1. The van der Waals surface area contributed by atoms with Gasteiger partial charge in [0.05, 0.1) is 17.1 Å². The van der Waals surface area contributed by atoms with E-state index in [1.165, 1.54) is 30.7 Å². The molecular weight excluding hydrogens is 294 g/mol. The van der Waals surface area contributed by atoms with Crippen molar-refractivity contribution in [1.82, 2.24) is 0 Å². The first kappa shape index (κ1) is 14.7. The van der Waals surface area contributed by atoms with Crippen LogP contribution in [0.15, 0.2) is 24.3 Å².